The fourth-order valence-corrected chi connectivity index (χ4v) is 7.74. The molecule has 4 aromatic carbocycles. The second-order valence-corrected chi connectivity index (χ2v) is 13.8. The average molecular weight is 541 g/mol. The first-order valence-corrected chi connectivity index (χ1v) is 15.0. The van der Waals surface area contributed by atoms with E-state index in [2.05, 4.69) is 45.0 Å². The maximum Gasteiger partial charge on any atom is 0.206 e. The van der Waals surface area contributed by atoms with E-state index in [1.807, 2.05) is 19.1 Å². The lowest BCUT2D eigenvalue weighted by atomic mass is 9.55. The van der Waals surface area contributed by atoms with Gasteiger partial charge >= 0.3 is 0 Å². The smallest absolute Gasteiger partial charge is 0.206 e. The molecule has 0 amide bonds. The molecule has 39 heavy (non-hydrogen) atoms. The van der Waals surface area contributed by atoms with Crippen LogP contribution < -0.4 is 4.74 Å². The van der Waals surface area contributed by atoms with E-state index >= 15 is 0 Å². The third-order valence-corrected chi connectivity index (χ3v) is 9.69. The van der Waals surface area contributed by atoms with Crippen molar-refractivity contribution in [2.24, 2.45) is 11.3 Å². The summed E-state index contributed by atoms with van der Waals surface area (Å²) in [4.78, 5) is 0.513. The van der Waals surface area contributed by atoms with Crippen molar-refractivity contribution in [1.82, 2.24) is 0 Å². The van der Waals surface area contributed by atoms with Crippen molar-refractivity contribution in [2.75, 3.05) is 0 Å². The molecule has 5 rings (SSSR count). The van der Waals surface area contributed by atoms with E-state index in [0.29, 0.717) is 17.4 Å². The Kier molecular flexibility index (Phi) is 7.06. The summed E-state index contributed by atoms with van der Waals surface area (Å²) in [5.41, 5.74) is 3.50. The number of hydrogen-bond donors (Lipinski definition) is 1. The van der Waals surface area contributed by atoms with Gasteiger partial charge < -0.3 is 9.84 Å². The van der Waals surface area contributed by atoms with Crippen LogP contribution in [0.15, 0.2) is 107 Å². The topological polar surface area (TPSA) is 63.6 Å². The highest BCUT2D eigenvalue weighted by atomic mass is 32.2. The van der Waals surface area contributed by atoms with Crippen LogP contribution in [0.2, 0.25) is 0 Å². The van der Waals surface area contributed by atoms with Crippen LogP contribution >= 0.6 is 0 Å². The summed E-state index contributed by atoms with van der Waals surface area (Å²) in [6.45, 7) is 8.95. The highest BCUT2D eigenvalue weighted by molar-refractivity contribution is 7.91. The minimum atomic E-state index is -3.58. The summed E-state index contributed by atoms with van der Waals surface area (Å²) in [5.74, 6) is 2.11. The molecule has 202 valence electrons. The molecule has 0 spiro atoms. The monoisotopic (exact) mass is 540 g/mol. The Morgan fingerprint density at radius 1 is 0.718 bits per heavy atom. The third kappa shape index (κ3) is 5.60. The first-order valence-electron chi connectivity index (χ1n) is 13.5. The standard InChI is InChI=1S/C34H36O4S/c1-24-5-17-31(18-6-24)39(36,37)32-19-15-30(16-20-32)38-29-13-9-27(10-14-29)34(26-7-11-28(35)12-8-26)22-25(2)21-33(3,4)23-34/h5-20,25,35H,21-23H2,1-4H3. The van der Waals surface area contributed by atoms with Crippen LogP contribution in [0.3, 0.4) is 0 Å². The van der Waals surface area contributed by atoms with Gasteiger partial charge in [-0.1, -0.05) is 62.7 Å². The van der Waals surface area contributed by atoms with Crippen molar-refractivity contribution < 1.29 is 18.3 Å². The molecule has 0 radical (unpaired) electrons. The fraction of sp³-hybridized carbons (Fsp3) is 0.294. The van der Waals surface area contributed by atoms with Crippen LogP contribution in [0.4, 0.5) is 0 Å². The molecule has 4 aromatic rings. The van der Waals surface area contributed by atoms with Crippen molar-refractivity contribution in [3.8, 4) is 17.2 Å². The summed E-state index contributed by atoms with van der Waals surface area (Å²) in [6.07, 6.45) is 3.24. The van der Waals surface area contributed by atoms with Gasteiger partial charge in [-0.2, -0.15) is 0 Å². The number of phenolic OH excluding ortho intramolecular Hbond substituents is 1. The maximum atomic E-state index is 13.0. The molecular weight excluding hydrogens is 504 g/mol. The minimum absolute atomic E-state index is 0.153. The highest BCUT2D eigenvalue weighted by Crippen LogP contribution is 2.53. The zero-order valence-electron chi connectivity index (χ0n) is 23.0. The van der Waals surface area contributed by atoms with Crippen molar-refractivity contribution in [1.29, 1.82) is 0 Å². The second kappa shape index (κ2) is 10.2. The van der Waals surface area contributed by atoms with Crippen LogP contribution in [0.25, 0.3) is 0 Å². The maximum absolute atomic E-state index is 13.0. The van der Waals surface area contributed by atoms with Gasteiger partial charge in [0.15, 0.2) is 0 Å². The lowest BCUT2D eigenvalue weighted by molar-refractivity contribution is 0.127. The van der Waals surface area contributed by atoms with Gasteiger partial charge in [0.1, 0.15) is 17.2 Å². The van der Waals surface area contributed by atoms with E-state index in [9.17, 15) is 13.5 Å². The number of hydrogen-bond acceptors (Lipinski definition) is 4. The Bertz CT molecular complexity index is 1540. The normalized spacial score (nSPS) is 20.9. The van der Waals surface area contributed by atoms with Crippen molar-refractivity contribution in [2.45, 2.75) is 62.2 Å². The molecule has 1 aliphatic rings. The van der Waals surface area contributed by atoms with E-state index < -0.39 is 9.84 Å². The first kappa shape index (κ1) is 27.0. The van der Waals surface area contributed by atoms with Crippen LogP contribution in [0.1, 0.15) is 56.7 Å². The van der Waals surface area contributed by atoms with Gasteiger partial charge in [-0.05, 0) is 109 Å². The lowest BCUT2D eigenvalue weighted by Crippen LogP contribution is -2.41. The molecule has 2 atom stereocenters. The number of ether oxygens (including phenoxy) is 1. The molecule has 5 heteroatoms. The van der Waals surface area contributed by atoms with E-state index in [1.54, 1.807) is 60.7 Å². The van der Waals surface area contributed by atoms with E-state index in [0.717, 1.165) is 18.4 Å². The van der Waals surface area contributed by atoms with E-state index in [-0.39, 0.29) is 26.4 Å². The Balaban J connectivity index is 1.39. The molecule has 0 heterocycles. The second-order valence-electron chi connectivity index (χ2n) is 11.9. The Morgan fingerprint density at radius 2 is 1.18 bits per heavy atom. The number of phenols is 1. The van der Waals surface area contributed by atoms with Gasteiger partial charge in [0.2, 0.25) is 9.84 Å². The van der Waals surface area contributed by atoms with Gasteiger partial charge in [0, 0.05) is 5.41 Å². The summed E-state index contributed by atoms with van der Waals surface area (Å²) < 4.78 is 32.1. The Morgan fingerprint density at radius 3 is 1.69 bits per heavy atom. The van der Waals surface area contributed by atoms with Crippen LogP contribution in [0, 0.1) is 18.3 Å². The molecule has 1 N–H and O–H groups in total. The fourth-order valence-electron chi connectivity index (χ4n) is 6.48. The van der Waals surface area contributed by atoms with Gasteiger partial charge in [0.25, 0.3) is 0 Å². The summed E-state index contributed by atoms with van der Waals surface area (Å²) in [6, 6.07) is 29.4. The third-order valence-electron chi connectivity index (χ3n) is 7.91. The van der Waals surface area contributed by atoms with Gasteiger partial charge in [-0.3, -0.25) is 0 Å². The largest absolute Gasteiger partial charge is 0.508 e. The van der Waals surface area contributed by atoms with Crippen molar-refractivity contribution in [3.63, 3.8) is 0 Å². The molecule has 2 unspecified atom stereocenters. The van der Waals surface area contributed by atoms with E-state index in [4.69, 9.17) is 4.74 Å². The Hall–Kier alpha value is -3.57. The molecular formula is C34H36O4S. The lowest BCUT2D eigenvalue weighted by Gasteiger charge is -2.48. The summed E-state index contributed by atoms with van der Waals surface area (Å²) >= 11 is 0. The van der Waals surface area contributed by atoms with Gasteiger partial charge in [-0.25, -0.2) is 8.42 Å². The summed E-state index contributed by atoms with van der Waals surface area (Å²) in [7, 11) is -3.58. The molecule has 1 fully saturated rings. The van der Waals surface area contributed by atoms with Gasteiger partial charge in [-0.15, -0.1) is 0 Å². The van der Waals surface area contributed by atoms with Crippen molar-refractivity contribution >= 4 is 9.84 Å². The molecule has 0 saturated heterocycles. The molecule has 0 bridgehead atoms. The van der Waals surface area contributed by atoms with Crippen LogP contribution in [0.5, 0.6) is 17.2 Å². The molecule has 4 nitrogen and oxygen atoms in total. The predicted molar refractivity (Wildman–Crippen MR) is 155 cm³/mol. The van der Waals surface area contributed by atoms with Gasteiger partial charge in [0.05, 0.1) is 9.79 Å². The first-order chi connectivity index (χ1) is 18.5. The number of aryl methyl sites for hydroxylation is 1. The van der Waals surface area contributed by atoms with E-state index in [1.165, 1.54) is 17.5 Å². The number of aromatic hydroxyl groups is 1. The summed E-state index contributed by atoms with van der Waals surface area (Å²) in [5, 5.41) is 9.92. The molecule has 1 saturated carbocycles. The minimum Gasteiger partial charge on any atom is -0.508 e. The molecule has 0 aromatic heterocycles. The van der Waals surface area contributed by atoms with Crippen LogP contribution in [-0.4, -0.2) is 13.5 Å². The average Bonchev–Trinajstić information content (AvgIpc) is 2.89. The zero-order chi connectivity index (χ0) is 27.8. The zero-order valence-corrected chi connectivity index (χ0v) is 23.8. The number of rotatable bonds is 6. The quantitative estimate of drug-likeness (QED) is 0.266. The highest BCUT2D eigenvalue weighted by Gasteiger charge is 2.45. The predicted octanol–water partition coefficient (Wildman–Crippen LogP) is 8.46. The SMILES string of the molecule is Cc1ccc(S(=O)(=O)c2ccc(Oc3ccc(C4(c5ccc(O)cc5)CC(C)CC(C)(C)C4)cc3)cc2)cc1. The van der Waals surface area contributed by atoms with Crippen molar-refractivity contribution in [3.05, 3.63) is 114 Å². The Labute approximate surface area is 232 Å². The number of sulfone groups is 1. The number of benzene rings is 4. The van der Waals surface area contributed by atoms with Crippen LogP contribution in [-0.2, 0) is 15.3 Å². The molecule has 0 aliphatic heterocycles. The molecule has 1 aliphatic carbocycles.